The van der Waals surface area contributed by atoms with Crippen LogP contribution in [0.1, 0.15) is 20.8 Å². The fourth-order valence-corrected chi connectivity index (χ4v) is 2.20. The van der Waals surface area contributed by atoms with Crippen LogP contribution in [-0.4, -0.2) is 32.6 Å². The zero-order valence-electron chi connectivity index (χ0n) is 9.42. The Bertz CT molecular complexity index is 230. The van der Waals surface area contributed by atoms with E-state index >= 15 is 0 Å². The van der Waals surface area contributed by atoms with E-state index in [4.69, 9.17) is 14.2 Å². The van der Waals surface area contributed by atoms with Gasteiger partial charge < -0.3 is 14.2 Å². The summed E-state index contributed by atoms with van der Waals surface area (Å²) >= 11 is 0. The third-order valence-electron chi connectivity index (χ3n) is 3.05. The van der Waals surface area contributed by atoms with Gasteiger partial charge in [-0.1, -0.05) is 13.8 Å². The van der Waals surface area contributed by atoms with Crippen molar-refractivity contribution in [3.8, 4) is 0 Å². The first-order valence-corrected chi connectivity index (χ1v) is 4.74. The first kappa shape index (κ1) is 11.5. The summed E-state index contributed by atoms with van der Waals surface area (Å²) in [5.41, 5.74) is -0.317. The highest BCUT2D eigenvalue weighted by molar-refractivity contribution is 5.79. The average molecular weight is 202 g/mol. The van der Waals surface area contributed by atoms with Crippen molar-refractivity contribution in [3.63, 3.8) is 0 Å². The summed E-state index contributed by atoms with van der Waals surface area (Å²) < 4.78 is 15.5. The van der Waals surface area contributed by atoms with Gasteiger partial charge in [0.25, 0.3) is 0 Å². The molecule has 0 heterocycles. The second kappa shape index (κ2) is 3.51. The van der Waals surface area contributed by atoms with Gasteiger partial charge in [0.05, 0.1) is 6.61 Å². The Labute approximate surface area is 84.5 Å². The average Bonchev–Trinajstić information content (AvgIpc) is 2.63. The molecule has 0 N–H and O–H groups in total. The Morgan fingerprint density at radius 3 is 2.07 bits per heavy atom. The predicted molar refractivity (Wildman–Crippen MR) is 50.7 cm³/mol. The molecular weight excluding hydrogens is 184 g/mol. The Morgan fingerprint density at radius 2 is 1.79 bits per heavy atom. The van der Waals surface area contributed by atoms with Crippen LogP contribution in [-0.2, 0) is 19.0 Å². The van der Waals surface area contributed by atoms with Gasteiger partial charge in [0.1, 0.15) is 5.92 Å². The van der Waals surface area contributed by atoms with E-state index in [1.54, 1.807) is 21.1 Å². The second-order valence-electron chi connectivity index (χ2n) is 3.98. The van der Waals surface area contributed by atoms with Gasteiger partial charge in [0, 0.05) is 19.6 Å². The lowest BCUT2D eigenvalue weighted by Gasteiger charge is -2.15. The van der Waals surface area contributed by atoms with Gasteiger partial charge >= 0.3 is 5.97 Å². The molecule has 1 rings (SSSR count). The largest absolute Gasteiger partial charge is 0.466 e. The van der Waals surface area contributed by atoms with Crippen LogP contribution in [0.25, 0.3) is 0 Å². The molecule has 82 valence electrons. The van der Waals surface area contributed by atoms with Crippen LogP contribution in [0.5, 0.6) is 0 Å². The van der Waals surface area contributed by atoms with E-state index in [1.807, 2.05) is 13.8 Å². The zero-order valence-corrected chi connectivity index (χ0v) is 9.42. The molecular formula is C10H18O4. The first-order valence-electron chi connectivity index (χ1n) is 4.74. The summed E-state index contributed by atoms with van der Waals surface area (Å²) in [5, 5.41) is 0. The molecule has 1 aliphatic carbocycles. The molecule has 14 heavy (non-hydrogen) atoms. The van der Waals surface area contributed by atoms with Crippen LogP contribution in [0.3, 0.4) is 0 Å². The quantitative estimate of drug-likeness (QED) is 0.507. The number of hydrogen-bond donors (Lipinski definition) is 0. The topological polar surface area (TPSA) is 44.8 Å². The summed E-state index contributed by atoms with van der Waals surface area (Å²) in [6.07, 6.45) is 0. The fourth-order valence-electron chi connectivity index (χ4n) is 2.20. The summed E-state index contributed by atoms with van der Waals surface area (Å²) in [5.74, 6) is -1.38. The van der Waals surface area contributed by atoms with Crippen molar-refractivity contribution < 1.29 is 19.0 Å². The van der Waals surface area contributed by atoms with Gasteiger partial charge in [-0.2, -0.15) is 0 Å². The molecule has 0 bridgehead atoms. The monoisotopic (exact) mass is 202 g/mol. The first-order chi connectivity index (χ1) is 6.47. The number of carbonyl (C=O) groups is 1. The van der Waals surface area contributed by atoms with Crippen LogP contribution < -0.4 is 0 Å². The highest BCUT2D eigenvalue weighted by Gasteiger charge is 2.77. The number of ether oxygens (including phenoxy) is 3. The van der Waals surface area contributed by atoms with Crippen molar-refractivity contribution in [2.45, 2.75) is 26.6 Å². The molecule has 0 aromatic rings. The van der Waals surface area contributed by atoms with Crippen molar-refractivity contribution >= 4 is 5.97 Å². The maximum atomic E-state index is 11.6. The third kappa shape index (κ3) is 1.25. The summed E-state index contributed by atoms with van der Waals surface area (Å²) in [6, 6.07) is 0. The van der Waals surface area contributed by atoms with Crippen LogP contribution >= 0.6 is 0 Å². The Kier molecular flexibility index (Phi) is 2.88. The highest BCUT2D eigenvalue weighted by atomic mass is 16.7. The van der Waals surface area contributed by atoms with Crippen molar-refractivity contribution in [1.82, 2.24) is 0 Å². The van der Waals surface area contributed by atoms with Gasteiger partial charge in [-0.3, -0.25) is 4.79 Å². The molecule has 0 aromatic carbocycles. The summed E-state index contributed by atoms with van der Waals surface area (Å²) in [6.45, 7) is 6.03. The SMILES string of the molecule is CCOC(=O)C1C(C)(C)C1(OC)OC. The van der Waals surface area contributed by atoms with E-state index in [0.717, 1.165) is 0 Å². The molecule has 0 saturated heterocycles. The molecule has 0 aliphatic heterocycles. The van der Waals surface area contributed by atoms with Gasteiger partial charge in [-0.25, -0.2) is 0 Å². The molecule has 4 nitrogen and oxygen atoms in total. The molecule has 0 amide bonds. The summed E-state index contributed by atoms with van der Waals surface area (Å²) in [7, 11) is 3.09. The molecule has 0 aromatic heterocycles. The molecule has 1 fully saturated rings. The fraction of sp³-hybridized carbons (Fsp3) is 0.900. The van der Waals surface area contributed by atoms with Crippen molar-refractivity contribution in [2.24, 2.45) is 11.3 Å². The molecule has 4 heteroatoms. The van der Waals surface area contributed by atoms with Crippen LogP contribution in [0, 0.1) is 11.3 Å². The lowest BCUT2D eigenvalue weighted by molar-refractivity contribution is -0.171. The number of esters is 1. The smallest absolute Gasteiger partial charge is 0.315 e. The summed E-state index contributed by atoms with van der Waals surface area (Å²) in [4.78, 5) is 11.6. The van der Waals surface area contributed by atoms with Crippen LogP contribution in [0.2, 0.25) is 0 Å². The van der Waals surface area contributed by atoms with Crippen LogP contribution in [0.15, 0.2) is 0 Å². The maximum absolute atomic E-state index is 11.6. The molecule has 1 atom stereocenters. The minimum Gasteiger partial charge on any atom is -0.466 e. The van der Waals surface area contributed by atoms with Gasteiger partial charge in [-0.05, 0) is 6.92 Å². The van der Waals surface area contributed by atoms with E-state index in [9.17, 15) is 4.79 Å². The van der Waals surface area contributed by atoms with E-state index < -0.39 is 5.79 Å². The van der Waals surface area contributed by atoms with Gasteiger partial charge in [0.15, 0.2) is 5.79 Å². The number of rotatable bonds is 4. The number of carbonyl (C=O) groups excluding carboxylic acids is 1. The molecule has 0 radical (unpaired) electrons. The van der Waals surface area contributed by atoms with Gasteiger partial charge in [0.2, 0.25) is 0 Å². The lowest BCUT2D eigenvalue weighted by Crippen LogP contribution is -2.24. The van der Waals surface area contributed by atoms with Crippen molar-refractivity contribution in [2.75, 3.05) is 20.8 Å². The lowest BCUT2D eigenvalue weighted by atomic mass is 10.1. The zero-order chi connectivity index (χ0) is 11.0. The minimum atomic E-state index is -0.806. The highest BCUT2D eigenvalue weighted by Crippen LogP contribution is 2.64. The second-order valence-corrected chi connectivity index (χ2v) is 3.98. The molecule has 0 spiro atoms. The van der Waals surface area contributed by atoms with E-state index in [0.29, 0.717) is 6.61 Å². The van der Waals surface area contributed by atoms with Crippen molar-refractivity contribution in [3.05, 3.63) is 0 Å². The third-order valence-corrected chi connectivity index (χ3v) is 3.05. The molecule has 1 unspecified atom stereocenters. The molecule has 1 saturated carbocycles. The van der Waals surface area contributed by atoms with Crippen molar-refractivity contribution in [1.29, 1.82) is 0 Å². The normalized spacial score (nSPS) is 27.1. The number of methoxy groups -OCH3 is 2. The Hall–Kier alpha value is -0.610. The maximum Gasteiger partial charge on any atom is 0.315 e. The van der Waals surface area contributed by atoms with E-state index in [1.165, 1.54) is 0 Å². The number of hydrogen-bond acceptors (Lipinski definition) is 4. The van der Waals surface area contributed by atoms with Crippen LogP contribution in [0.4, 0.5) is 0 Å². The Balaban J connectivity index is 2.78. The molecule has 1 aliphatic rings. The minimum absolute atomic E-state index is 0.249. The van der Waals surface area contributed by atoms with E-state index in [-0.39, 0.29) is 17.3 Å². The van der Waals surface area contributed by atoms with Gasteiger partial charge in [-0.15, -0.1) is 0 Å². The van der Waals surface area contributed by atoms with E-state index in [2.05, 4.69) is 0 Å². The standard InChI is InChI=1S/C10H18O4/c1-6-14-8(11)7-9(2,3)10(7,12-4)13-5/h7H,6H2,1-5H3. The Morgan fingerprint density at radius 1 is 1.29 bits per heavy atom. The predicted octanol–water partition coefficient (Wildman–Crippen LogP) is 1.19.